The Kier molecular flexibility index (Phi) is 5.63. The summed E-state index contributed by atoms with van der Waals surface area (Å²) in [5.74, 6) is 0.0354. The number of halogens is 2. The number of nitrogens with one attached hydrogen (secondary N) is 1. The molecule has 0 fully saturated rings. The molecule has 0 aliphatic carbocycles. The molecule has 0 aliphatic rings. The van der Waals surface area contributed by atoms with Crippen molar-refractivity contribution in [2.45, 2.75) is 16.3 Å². The number of phenolic OH excluding ortho intramolecular Hbond substituents is 2. The minimum absolute atomic E-state index is 0.00890. The number of rotatable bonds is 5. The van der Waals surface area contributed by atoms with Crippen molar-refractivity contribution < 1.29 is 10.2 Å². The van der Waals surface area contributed by atoms with Crippen molar-refractivity contribution in [2.24, 2.45) is 0 Å². The van der Waals surface area contributed by atoms with E-state index in [4.69, 9.17) is 23.2 Å². The third-order valence-corrected chi connectivity index (χ3v) is 5.39. The molecule has 0 spiro atoms. The number of anilines is 1. The maximum Gasteiger partial charge on any atom is 0.142 e. The second kappa shape index (κ2) is 7.91. The molecule has 0 aliphatic heterocycles. The van der Waals surface area contributed by atoms with Gasteiger partial charge < -0.3 is 15.5 Å². The summed E-state index contributed by atoms with van der Waals surface area (Å²) in [7, 11) is 0. The molecule has 0 aromatic heterocycles. The summed E-state index contributed by atoms with van der Waals surface area (Å²) >= 11 is 13.6. The van der Waals surface area contributed by atoms with Gasteiger partial charge in [-0.15, -0.1) is 0 Å². The maximum atomic E-state index is 9.88. The zero-order valence-corrected chi connectivity index (χ0v) is 15.4. The van der Waals surface area contributed by atoms with Crippen molar-refractivity contribution in [1.82, 2.24) is 0 Å². The fourth-order valence-electron chi connectivity index (χ4n) is 2.28. The Morgan fingerprint density at radius 2 is 1.68 bits per heavy atom. The summed E-state index contributed by atoms with van der Waals surface area (Å²) in [6, 6.07) is 18.0. The van der Waals surface area contributed by atoms with E-state index in [1.54, 1.807) is 23.9 Å². The molecule has 3 rings (SSSR count). The van der Waals surface area contributed by atoms with Gasteiger partial charge in [-0.05, 0) is 42.0 Å². The Hall–Kier alpha value is -2.01. The van der Waals surface area contributed by atoms with Crippen LogP contribution in [-0.2, 0) is 6.54 Å². The second-order valence-electron chi connectivity index (χ2n) is 5.34. The van der Waals surface area contributed by atoms with Crippen molar-refractivity contribution in [1.29, 1.82) is 0 Å². The van der Waals surface area contributed by atoms with Crippen LogP contribution < -0.4 is 5.32 Å². The van der Waals surface area contributed by atoms with E-state index >= 15 is 0 Å². The molecule has 3 nitrogen and oxygen atoms in total. The first-order valence-electron chi connectivity index (χ1n) is 7.49. The predicted molar refractivity (Wildman–Crippen MR) is 104 cm³/mol. The number of hydrogen-bond donors (Lipinski definition) is 3. The smallest absolute Gasteiger partial charge is 0.142 e. The van der Waals surface area contributed by atoms with Crippen molar-refractivity contribution in [3.63, 3.8) is 0 Å². The first kappa shape index (κ1) is 17.8. The Bertz CT molecular complexity index is 902. The number of phenols is 2. The highest BCUT2D eigenvalue weighted by molar-refractivity contribution is 7.99. The van der Waals surface area contributed by atoms with Crippen molar-refractivity contribution in [2.75, 3.05) is 5.32 Å². The molecule has 0 radical (unpaired) electrons. The lowest BCUT2D eigenvalue weighted by Crippen LogP contribution is -2.01. The van der Waals surface area contributed by atoms with Crippen LogP contribution in [0.1, 0.15) is 5.56 Å². The zero-order valence-electron chi connectivity index (χ0n) is 13.0. The highest BCUT2D eigenvalue weighted by Crippen LogP contribution is 2.35. The molecule has 0 bridgehead atoms. The summed E-state index contributed by atoms with van der Waals surface area (Å²) < 4.78 is 0. The zero-order chi connectivity index (χ0) is 17.8. The highest BCUT2D eigenvalue weighted by atomic mass is 35.5. The van der Waals surface area contributed by atoms with Crippen LogP contribution in [0, 0.1) is 0 Å². The van der Waals surface area contributed by atoms with Crippen LogP contribution in [0.5, 0.6) is 11.5 Å². The Morgan fingerprint density at radius 3 is 2.44 bits per heavy atom. The maximum absolute atomic E-state index is 9.88. The normalized spacial score (nSPS) is 10.6. The van der Waals surface area contributed by atoms with Crippen molar-refractivity contribution in [3.8, 4) is 11.5 Å². The SMILES string of the molecule is Oc1ccc(NCc2ccccc2Sc2ccc(Cl)c(Cl)c2)c(O)c1. The number of hydrogen-bond acceptors (Lipinski definition) is 4. The van der Waals surface area contributed by atoms with Crippen LogP contribution in [0.3, 0.4) is 0 Å². The van der Waals surface area contributed by atoms with Crippen LogP contribution in [0.4, 0.5) is 5.69 Å². The van der Waals surface area contributed by atoms with Gasteiger partial charge in [0.05, 0.1) is 15.7 Å². The molecule has 0 atom stereocenters. The monoisotopic (exact) mass is 391 g/mol. The van der Waals surface area contributed by atoms with E-state index in [2.05, 4.69) is 5.32 Å². The average Bonchev–Trinajstić information content (AvgIpc) is 2.59. The Balaban J connectivity index is 1.77. The van der Waals surface area contributed by atoms with Gasteiger partial charge in [0, 0.05) is 22.4 Å². The highest BCUT2D eigenvalue weighted by Gasteiger charge is 2.08. The van der Waals surface area contributed by atoms with Crippen LogP contribution in [0.2, 0.25) is 10.0 Å². The van der Waals surface area contributed by atoms with E-state index in [1.807, 2.05) is 36.4 Å². The van der Waals surface area contributed by atoms with Gasteiger partial charge in [0.15, 0.2) is 0 Å². The Morgan fingerprint density at radius 1 is 0.880 bits per heavy atom. The Labute approximate surface area is 160 Å². The van der Waals surface area contributed by atoms with Crippen LogP contribution in [-0.4, -0.2) is 10.2 Å². The molecule has 128 valence electrons. The minimum Gasteiger partial charge on any atom is -0.508 e. The van der Waals surface area contributed by atoms with E-state index < -0.39 is 0 Å². The summed E-state index contributed by atoms with van der Waals surface area (Å²) in [6.45, 7) is 0.531. The van der Waals surface area contributed by atoms with Crippen LogP contribution >= 0.6 is 35.0 Å². The third-order valence-electron chi connectivity index (χ3n) is 3.54. The van der Waals surface area contributed by atoms with Gasteiger partial charge in [0.25, 0.3) is 0 Å². The van der Waals surface area contributed by atoms with Gasteiger partial charge in [-0.25, -0.2) is 0 Å². The molecule has 3 aromatic rings. The largest absolute Gasteiger partial charge is 0.508 e. The summed E-state index contributed by atoms with van der Waals surface area (Å²) in [5.41, 5.74) is 1.64. The summed E-state index contributed by atoms with van der Waals surface area (Å²) in [6.07, 6.45) is 0. The van der Waals surface area contributed by atoms with Crippen molar-refractivity contribution >= 4 is 40.7 Å². The molecule has 3 aromatic carbocycles. The second-order valence-corrected chi connectivity index (χ2v) is 7.27. The number of benzene rings is 3. The van der Waals surface area contributed by atoms with E-state index in [-0.39, 0.29) is 11.5 Å². The van der Waals surface area contributed by atoms with Gasteiger partial charge in [0.2, 0.25) is 0 Å². The standard InChI is InChI=1S/C19H15Cl2NO2S/c20-15-7-6-14(10-16(15)21)25-19-4-2-1-3-12(19)11-22-17-8-5-13(23)9-18(17)24/h1-10,22-24H,11H2. The van der Waals surface area contributed by atoms with Crippen molar-refractivity contribution in [3.05, 3.63) is 76.3 Å². The molecule has 25 heavy (non-hydrogen) atoms. The lowest BCUT2D eigenvalue weighted by atomic mass is 10.2. The molecule has 3 N–H and O–H groups in total. The first-order chi connectivity index (χ1) is 12.0. The van der Waals surface area contributed by atoms with E-state index in [9.17, 15) is 10.2 Å². The molecule has 6 heteroatoms. The predicted octanol–water partition coefficient (Wildman–Crippen LogP) is 6.17. The van der Waals surface area contributed by atoms with Crippen LogP contribution in [0.25, 0.3) is 0 Å². The van der Waals surface area contributed by atoms with Gasteiger partial charge >= 0.3 is 0 Å². The molecular weight excluding hydrogens is 377 g/mol. The summed E-state index contributed by atoms with van der Waals surface area (Å²) in [4.78, 5) is 2.07. The molecule has 0 heterocycles. The fourth-order valence-corrected chi connectivity index (χ4v) is 3.62. The molecule has 0 amide bonds. The molecule has 0 saturated heterocycles. The van der Waals surface area contributed by atoms with E-state index in [1.165, 1.54) is 12.1 Å². The lowest BCUT2D eigenvalue weighted by Gasteiger charge is -2.12. The van der Waals surface area contributed by atoms with E-state index in [0.717, 1.165) is 15.4 Å². The fraction of sp³-hybridized carbons (Fsp3) is 0.0526. The van der Waals surface area contributed by atoms with Gasteiger partial charge in [-0.1, -0.05) is 53.2 Å². The minimum atomic E-state index is 0.00890. The third kappa shape index (κ3) is 4.54. The molecule has 0 unspecified atom stereocenters. The molecular formula is C19H15Cl2NO2S. The van der Waals surface area contributed by atoms with Gasteiger partial charge in [0.1, 0.15) is 11.5 Å². The quantitative estimate of drug-likeness (QED) is 0.359. The van der Waals surface area contributed by atoms with Gasteiger partial charge in [-0.3, -0.25) is 0 Å². The van der Waals surface area contributed by atoms with Crippen LogP contribution in [0.15, 0.2) is 70.5 Å². The number of aromatic hydroxyl groups is 2. The summed E-state index contributed by atoms with van der Waals surface area (Å²) in [5, 5.41) is 23.5. The van der Waals surface area contributed by atoms with Gasteiger partial charge in [-0.2, -0.15) is 0 Å². The topological polar surface area (TPSA) is 52.5 Å². The first-order valence-corrected chi connectivity index (χ1v) is 9.07. The lowest BCUT2D eigenvalue weighted by molar-refractivity contribution is 0.452. The average molecular weight is 392 g/mol. The van der Waals surface area contributed by atoms with E-state index in [0.29, 0.717) is 22.3 Å². The molecule has 0 saturated carbocycles.